The topological polar surface area (TPSA) is 18.5 Å². The monoisotopic (exact) mass is 244 g/mol. The molecule has 1 aliphatic heterocycles. The SMILES string of the molecule is CC1(C)OCC(C2(C#CBr)CC2)O1. The van der Waals surface area contributed by atoms with Gasteiger partial charge in [0.2, 0.25) is 0 Å². The number of ether oxygens (including phenoxy) is 2. The van der Waals surface area contributed by atoms with Crippen LogP contribution in [0.4, 0.5) is 0 Å². The summed E-state index contributed by atoms with van der Waals surface area (Å²) in [5.41, 5.74) is 0.0806. The van der Waals surface area contributed by atoms with Crippen LogP contribution in [0.2, 0.25) is 0 Å². The predicted octanol–water partition coefficient (Wildman–Crippen LogP) is 2.27. The van der Waals surface area contributed by atoms with Crippen molar-refractivity contribution in [1.82, 2.24) is 0 Å². The van der Waals surface area contributed by atoms with E-state index in [0.29, 0.717) is 6.61 Å². The molecule has 1 unspecified atom stereocenters. The van der Waals surface area contributed by atoms with Crippen LogP contribution >= 0.6 is 15.9 Å². The number of hydrogen-bond acceptors (Lipinski definition) is 2. The van der Waals surface area contributed by atoms with Crippen LogP contribution in [0.5, 0.6) is 0 Å². The molecule has 0 aromatic rings. The quantitative estimate of drug-likeness (QED) is 0.660. The largest absolute Gasteiger partial charge is 0.348 e. The van der Waals surface area contributed by atoms with E-state index >= 15 is 0 Å². The number of halogens is 1. The second-order valence-electron chi connectivity index (χ2n) is 4.19. The first-order chi connectivity index (χ1) is 6.08. The van der Waals surface area contributed by atoms with Gasteiger partial charge in [-0.25, -0.2) is 0 Å². The van der Waals surface area contributed by atoms with Gasteiger partial charge in [0.1, 0.15) is 6.10 Å². The van der Waals surface area contributed by atoms with Crippen molar-refractivity contribution in [2.45, 2.75) is 38.6 Å². The van der Waals surface area contributed by atoms with E-state index in [1.54, 1.807) is 0 Å². The van der Waals surface area contributed by atoms with Crippen LogP contribution in [0.25, 0.3) is 0 Å². The minimum atomic E-state index is -0.422. The molecule has 0 amide bonds. The Labute approximate surface area is 87.1 Å². The Morgan fingerprint density at radius 2 is 2.08 bits per heavy atom. The number of hydrogen-bond donors (Lipinski definition) is 0. The highest BCUT2D eigenvalue weighted by atomic mass is 79.9. The molecule has 0 spiro atoms. The Kier molecular flexibility index (Phi) is 2.18. The van der Waals surface area contributed by atoms with Gasteiger partial charge in [-0.05, 0) is 31.5 Å². The summed E-state index contributed by atoms with van der Waals surface area (Å²) in [6, 6.07) is 0. The molecule has 72 valence electrons. The van der Waals surface area contributed by atoms with Crippen LogP contribution < -0.4 is 0 Å². The fourth-order valence-corrected chi connectivity index (χ4v) is 2.11. The molecule has 0 aromatic carbocycles. The molecule has 13 heavy (non-hydrogen) atoms. The maximum Gasteiger partial charge on any atom is 0.163 e. The van der Waals surface area contributed by atoms with Crippen molar-refractivity contribution in [1.29, 1.82) is 0 Å². The van der Waals surface area contributed by atoms with Crippen LogP contribution in [-0.4, -0.2) is 18.5 Å². The fourth-order valence-electron chi connectivity index (χ4n) is 1.72. The first-order valence-corrected chi connectivity index (χ1v) is 5.32. The van der Waals surface area contributed by atoms with Gasteiger partial charge in [0.15, 0.2) is 5.79 Å². The molecule has 1 heterocycles. The van der Waals surface area contributed by atoms with Crippen molar-refractivity contribution in [3.05, 3.63) is 0 Å². The first kappa shape index (κ1) is 9.51. The standard InChI is InChI=1S/C10H13BrO2/c1-9(2)12-7-8(13-9)10(3-4-10)5-6-11/h8H,3-4,7H2,1-2H3. The van der Waals surface area contributed by atoms with E-state index in [-0.39, 0.29) is 11.5 Å². The van der Waals surface area contributed by atoms with E-state index in [1.807, 2.05) is 13.8 Å². The van der Waals surface area contributed by atoms with Crippen molar-refractivity contribution >= 4 is 15.9 Å². The zero-order valence-electron chi connectivity index (χ0n) is 7.89. The van der Waals surface area contributed by atoms with Crippen LogP contribution in [0, 0.1) is 16.2 Å². The molecule has 2 nitrogen and oxygen atoms in total. The molecule has 0 bridgehead atoms. The molecule has 1 saturated carbocycles. The number of rotatable bonds is 1. The summed E-state index contributed by atoms with van der Waals surface area (Å²) in [6.07, 6.45) is 2.43. The maximum absolute atomic E-state index is 5.78. The summed E-state index contributed by atoms with van der Waals surface area (Å²) in [5.74, 6) is 2.75. The fraction of sp³-hybridized carbons (Fsp3) is 0.800. The third kappa shape index (κ3) is 1.76. The van der Waals surface area contributed by atoms with Gasteiger partial charge < -0.3 is 9.47 Å². The second-order valence-corrected chi connectivity index (χ2v) is 4.59. The smallest absolute Gasteiger partial charge is 0.163 e. The Morgan fingerprint density at radius 3 is 2.46 bits per heavy atom. The summed E-state index contributed by atoms with van der Waals surface area (Å²) < 4.78 is 11.3. The molecule has 2 rings (SSSR count). The van der Waals surface area contributed by atoms with Gasteiger partial charge in [-0.15, -0.1) is 0 Å². The van der Waals surface area contributed by atoms with Crippen LogP contribution in [0.3, 0.4) is 0 Å². The Bertz CT molecular complexity index is 270. The lowest BCUT2D eigenvalue weighted by atomic mass is 10.0. The molecule has 0 radical (unpaired) electrons. The Balaban J connectivity index is 2.06. The molecule has 0 aromatic heterocycles. The van der Waals surface area contributed by atoms with E-state index in [4.69, 9.17) is 9.47 Å². The summed E-state index contributed by atoms with van der Waals surface area (Å²) in [7, 11) is 0. The van der Waals surface area contributed by atoms with Crippen LogP contribution in [0.1, 0.15) is 26.7 Å². The van der Waals surface area contributed by atoms with Gasteiger partial charge in [-0.2, -0.15) is 0 Å². The third-order valence-corrected chi connectivity index (χ3v) is 2.91. The van der Waals surface area contributed by atoms with Crippen molar-refractivity contribution in [3.63, 3.8) is 0 Å². The summed E-state index contributed by atoms with van der Waals surface area (Å²) >= 11 is 3.14. The molecule has 1 saturated heterocycles. The maximum atomic E-state index is 5.78. The molecule has 1 atom stereocenters. The van der Waals surface area contributed by atoms with Crippen molar-refractivity contribution in [3.8, 4) is 10.8 Å². The van der Waals surface area contributed by atoms with Crippen molar-refractivity contribution in [2.24, 2.45) is 5.41 Å². The highest BCUT2D eigenvalue weighted by Crippen LogP contribution is 2.52. The summed E-state index contributed by atoms with van der Waals surface area (Å²) in [6.45, 7) is 4.57. The molecule has 2 aliphatic rings. The normalized spacial score (nSPS) is 33.6. The van der Waals surface area contributed by atoms with Crippen LogP contribution in [-0.2, 0) is 9.47 Å². The van der Waals surface area contributed by atoms with E-state index in [9.17, 15) is 0 Å². The zero-order valence-corrected chi connectivity index (χ0v) is 9.48. The summed E-state index contributed by atoms with van der Waals surface area (Å²) in [4.78, 5) is 2.80. The first-order valence-electron chi connectivity index (χ1n) is 4.53. The molecule has 0 N–H and O–H groups in total. The minimum absolute atomic E-state index is 0.0806. The average molecular weight is 245 g/mol. The van der Waals surface area contributed by atoms with Gasteiger partial charge in [-0.1, -0.05) is 5.92 Å². The molecule has 2 fully saturated rings. The minimum Gasteiger partial charge on any atom is -0.348 e. The highest BCUT2D eigenvalue weighted by molar-refractivity contribution is 9.12. The molecular formula is C10H13BrO2. The third-order valence-electron chi connectivity index (χ3n) is 2.71. The van der Waals surface area contributed by atoms with Gasteiger partial charge >= 0.3 is 0 Å². The zero-order chi connectivity index (χ0) is 9.53. The van der Waals surface area contributed by atoms with Gasteiger partial charge in [-0.3, -0.25) is 0 Å². The lowest BCUT2D eigenvalue weighted by Crippen LogP contribution is -2.27. The Morgan fingerprint density at radius 1 is 1.38 bits per heavy atom. The highest BCUT2D eigenvalue weighted by Gasteiger charge is 2.53. The van der Waals surface area contributed by atoms with Gasteiger partial charge in [0, 0.05) is 15.9 Å². The predicted molar refractivity (Wildman–Crippen MR) is 53.3 cm³/mol. The molecule has 1 aliphatic carbocycles. The van der Waals surface area contributed by atoms with E-state index in [2.05, 4.69) is 26.7 Å². The van der Waals surface area contributed by atoms with Gasteiger partial charge in [0.25, 0.3) is 0 Å². The van der Waals surface area contributed by atoms with E-state index in [1.165, 1.54) is 0 Å². The molecule has 3 heteroatoms. The van der Waals surface area contributed by atoms with Crippen molar-refractivity contribution < 1.29 is 9.47 Å². The van der Waals surface area contributed by atoms with Crippen molar-refractivity contribution in [2.75, 3.05) is 6.61 Å². The summed E-state index contributed by atoms with van der Waals surface area (Å²) in [5, 5.41) is 0. The Hall–Kier alpha value is -0.0400. The average Bonchev–Trinajstić information content (AvgIpc) is 2.72. The lowest BCUT2D eigenvalue weighted by Gasteiger charge is -2.19. The lowest BCUT2D eigenvalue weighted by molar-refractivity contribution is -0.143. The van der Waals surface area contributed by atoms with Crippen LogP contribution in [0.15, 0.2) is 0 Å². The van der Waals surface area contributed by atoms with E-state index in [0.717, 1.165) is 12.8 Å². The second kappa shape index (κ2) is 2.98. The molecular weight excluding hydrogens is 232 g/mol. The van der Waals surface area contributed by atoms with Gasteiger partial charge in [0.05, 0.1) is 12.0 Å². The van der Waals surface area contributed by atoms with E-state index < -0.39 is 5.79 Å².